The zero-order chi connectivity index (χ0) is 15.9. The van der Waals surface area contributed by atoms with Crippen molar-refractivity contribution in [3.05, 3.63) is 71.2 Å². The topological polar surface area (TPSA) is 33.4 Å². The van der Waals surface area contributed by atoms with Gasteiger partial charge in [0.25, 0.3) is 0 Å². The van der Waals surface area contributed by atoms with E-state index in [0.29, 0.717) is 0 Å². The first-order valence-corrected chi connectivity index (χ1v) is 8.92. The van der Waals surface area contributed by atoms with E-state index in [0.717, 1.165) is 35.9 Å². The van der Waals surface area contributed by atoms with Gasteiger partial charge in [0.15, 0.2) is 5.82 Å². The van der Waals surface area contributed by atoms with Gasteiger partial charge in [-0.25, -0.2) is 0 Å². The van der Waals surface area contributed by atoms with E-state index in [1.165, 1.54) is 16.1 Å². The van der Waals surface area contributed by atoms with E-state index in [1.807, 2.05) is 18.2 Å². The number of aromatic nitrogens is 3. The number of hydrogen-bond acceptors (Lipinski definition) is 4. The molecular formula is C19H16N4S. The van der Waals surface area contributed by atoms with Crippen LogP contribution in [0.15, 0.2) is 60.8 Å². The van der Waals surface area contributed by atoms with Gasteiger partial charge in [0, 0.05) is 28.9 Å². The van der Waals surface area contributed by atoms with E-state index in [1.54, 1.807) is 11.3 Å². The molecule has 0 N–H and O–H groups in total. The third kappa shape index (κ3) is 2.20. The largest absolute Gasteiger partial charge is 0.366 e. The molecule has 3 heterocycles. The fourth-order valence-corrected chi connectivity index (χ4v) is 4.30. The molecule has 0 fully saturated rings. The molecule has 0 aliphatic carbocycles. The highest BCUT2D eigenvalue weighted by molar-refractivity contribution is 7.17. The summed E-state index contributed by atoms with van der Waals surface area (Å²) in [5.74, 6) is 0.912. The number of benzene rings is 2. The molecule has 0 spiro atoms. The smallest absolute Gasteiger partial charge is 0.216 e. The predicted molar refractivity (Wildman–Crippen MR) is 97.5 cm³/mol. The first-order valence-electron chi connectivity index (χ1n) is 8.10. The van der Waals surface area contributed by atoms with Gasteiger partial charge >= 0.3 is 0 Å². The zero-order valence-electron chi connectivity index (χ0n) is 13.1. The molecule has 0 unspecified atom stereocenters. The van der Waals surface area contributed by atoms with Gasteiger partial charge in [-0.2, -0.15) is 0 Å². The standard InChI is InChI=1S/C19H16N4S/c1-2-7-15(8-3-1)18-20-21-19-23(18)13-16(24-19)12-22-11-10-14-6-4-5-9-17(14)22/h1-9,13H,10-12H2. The lowest BCUT2D eigenvalue weighted by atomic mass is 10.2. The van der Waals surface area contributed by atoms with E-state index in [4.69, 9.17) is 0 Å². The molecule has 5 rings (SSSR count). The van der Waals surface area contributed by atoms with Crippen molar-refractivity contribution >= 4 is 22.0 Å². The summed E-state index contributed by atoms with van der Waals surface area (Å²) in [6.45, 7) is 2.02. The summed E-state index contributed by atoms with van der Waals surface area (Å²) in [7, 11) is 0. The summed E-state index contributed by atoms with van der Waals surface area (Å²) in [5, 5.41) is 8.69. The quantitative estimate of drug-likeness (QED) is 0.568. The van der Waals surface area contributed by atoms with E-state index in [2.05, 4.69) is 62.1 Å². The lowest BCUT2D eigenvalue weighted by molar-refractivity contribution is 0.843. The fraction of sp³-hybridized carbons (Fsp3) is 0.158. The van der Waals surface area contributed by atoms with E-state index < -0.39 is 0 Å². The number of anilines is 1. The number of thiazole rings is 1. The molecule has 0 atom stereocenters. The van der Waals surface area contributed by atoms with Crippen LogP contribution in [0.1, 0.15) is 10.4 Å². The van der Waals surface area contributed by atoms with Crippen molar-refractivity contribution in [2.75, 3.05) is 11.4 Å². The molecule has 0 saturated heterocycles. The van der Waals surface area contributed by atoms with Gasteiger partial charge in [0.2, 0.25) is 4.96 Å². The molecule has 0 saturated carbocycles. The normalized spacial score (nSPS) is 13.6. The molecule has 5 heteroatoms. The molecule has 2 aromatic heterocycles. The van der Waals surface area contributed by atoms with Crippen LogP contribution in [0.2, 0.25) is 0 Å². The first-order chi connectivity index (χ1) is 11.9. The van der Waals surface area contributed by atoms with Crippen LogP contribution in [0.25, 0.3) is 16.3 Å². The summed E-state index contributed by atoms with van der Waals surface area (Å²) in [6, 6.07) is 18.9. The van der Waals surface area contributed by atoms with Crippen molar-refractivity contribution in [1.29, 1.82) is 0 Å². The summed E-state index contributed by atoms with van der Waals surface area (Å²) in [5.41, 5.74) is 3.91. The highest BCUT2D eigenvalue weighted by atomic mass is 32.1. The van der Waals surface area contributed by atoms with E-state index in [-0.39, 0.29) is 0 Å². The number of fused-ring (bicyclic) bond motifs is 2. The second kappa shape index (κ2) is 5.46. The van der Waals surface area contributed by atoms with Gasteiger partial charge in [0.1, 0.15) is 0 Å². The van der Waals surface area contributed by atoms with Gasteiger partial charge in [-0.05, 0) is 18.1 Å². The van der Waals surface area contributed by atoms with Crippen LogP contribution in [-0.4, -0.2) is 21.1 Å². The van der Waals surface area contributed by atoms with Crippen LogP contribution < -0.4 is 4.90 Å². The van der Waals surface area contributed by atoms with Gasteiger partial charge in [-0.15, -0.1) is 10.2 Å². The Kier molecular flexibility index (Phi) is 3.13. The van der Waals surface area contributed by atoms with Crippen LogP contribution >= 0.6 is 11.3 Å². The van der Waals surface area contributed by atoms with Crippen molar-refractivity contribution in [2.24, 2.45) is 0 Å². The highest BCUT2D eigenvalue weighted by Gasteiger charge is 2.20. The molecule has 24 heavy (non-hydrogen) atoms. The first kappa shape index (κ1) is 13.7. The zero-order valence-corrected chi connectivity index (χ0v) is 13.9. The molecule has 2 aromatic carbocycles. The molecule has 118 valence electrons. The minimum Gasteiger partial charge on any atom is -0.366 e. The SMILES string of the molecule is c1ccc(-c2nnc3sc(CN4CCc5ccccc54)cn23)cc1. The molecule has 4 nitrogen and oxygen atoms in total. The second-order valence-corrected chi connectivity index (χ2v) is 7.13. The summed E-state index contributed by atoms with van der Waals surface area (Å²) in [6.07, 6.45) is 3.32. The lowest BCUT2D eigenvalue weighted by Crippen LogP contribution is -2.18. The Balaban J connectivity index is 1.48. The van der Waals surface area contributed by atoms with E-state index >= 15 is 0 Å². The van der Waals surface area contributed by atoms with Gasteiger partial charge in [0.05, 0.1) is 6.54 Å². The summed E-state index contributed by atoms with van der Waals surface area (Å²) >= 11 is 1.72. The molecule has 1 aliphatic rings. The van der Waals surface area contributed by atoms with Gasteiger partial charge < -0.3 is 4.90 Å². The Bertz CT molecular complexity index is 1000. The summed E-state index contributed by atoms with van der Waals surface area (Å²) in [4.78, 5) is 4.72. The van der Waals surface area contributed by atoms with Gasteiger partial charge in [-0.1, -0.05) is 59.9 Å². The minimum absolute atomic E-state index is 0.912. The van der Waals surface area contributed by atoms with Crippen molar-refractivity contribution in [1.82, 2.24) is 14.6 Å². The molecule has 0 radical (unpaired) electrons. The highest BCUT2D eigenvalue weighted by Crippen LogP contribution is 2.31. The molecule has 0 bridgehead atoms. The van der Waals surface area contributed by atoms with Crippen LogP contribution in [-0.2, 0) is 13.0 Å². The van der Waals surface area contributed by atoms with Crippen molar-refractivity contribution < 1.29 is 0 Å². The Morgan fingerprint density at radius 2 is 1.79 bits per heavy atom. The molecular weight excluding hydrogens is 316 g/mol. The van der Waals surface area contributed by atoms with Crippen LogP contribution in [0.4, 0.5) is 5.69 Å². The number of rotatable bonds is 3. The van der Waals surface area contributed by atoms with Gasteiger partial charge in [-0.3, -0.25) is 4.40 Å². The fourth-order valence-electron chi connectivity index (χ4n) is 3.37. The number of para-hydroxylation sites is 1. The Labute approximate surface area is 144 Å². The Morgan fingerprint density at radius 3 is 2.71 bits per heavy atom. The minimum atomic E-state index is 0.912. The molecule has 4 aromatic rings. The molecule has 0 amide bonds. The number of nitrogens with zero attached hydrogens (tertiary/aromatic N) is 4. The van der Waals surface area contributed by atoms with Crippen molar-refractivity contribution in [3.8, 4) is 11.4 Å². The average molecular weight is 332 g/mol. The van der Waals surface area contributed by atoms with Crippen LogP contribution in [0, 0.1) is 0 Å². The maximum Gasteiger partial charge on any atom is 0.216 e. The average Bonchev–Trinajstić information content (AvgIpc) is 3.31. The third-order valence-electron chi connectivity index (χ3n) is 4.52. The van der Waals surface area contributed by atoms with Crippen LogP contribution in [0.5, 0.6) is 0 Å². The maximum atomic E-state index is 4.35. The van der Waals surface area contributed by atoms with Crippen molar-refractivity contribution in [2.45, 2.75) is 13.0 Å². The van der Waals surface area contributed by atoms with Crippen molar-refractivity contribution in [3.63, 3.8) is 0 Å². The molecule has 1 aliphatic heterocycles. The second-order valence-electron chi connectivity index (χ2n) is 6.04. The monoisotopic (exact) mass is 332 g/mol. The Morgan fingerprint density at radius 1 is 0.958 bits per heavy atom. The van der Waals surface area contributed by atoms with Crippen LogP contribution in [0.3, 0.4) is 0 Å². The Hall–Kier alpha value is -2.66. The summed E-state index contributed by atoms with van der Waals surface area (Å²) < 4.78 is 2.11. The van der Waals surface area contributed by atoms with E-state index in [9.17, 15) is 0 Å². The lowest BCUT2D eigenvalue weighted by Gasteiger charge is -2.17. The third-order valence-corrected chi connectivity index (χ3v) is 5.48. The number of hydrogen-bond donors (Lipinski definition) is 0. The predicted octanol–water partition coefficient (Wildman–Crippen LogP) is 4.02. The maximum absolute atomic E-state index is 4.35.